The molecule has 0 spiro atoms. The number of carbonyl (C=O) groups excluding carboxylic acids is 1. The van der Waals surface area contributed by atoms with Crippen molar-refractivity contribution in [2.75, 3.05) is 7.11 Å². The Labute approximate surface area is 184 Å². The summed E-state index contributed by atoms with van der Waals surface area (Å²) in [5.74, 6) is -0.261. The van der Waals surface area contributed by atoms with Crippen LogP contribution in [-0.4, -0.2) is 18.4 Å². The number of hydrogen-bond donors (Lipinski definition) is 0. The summed E-state index contributed by atoms with van der Waals surface area (Å²) in [5.41, 5.74) is 3.45. The fraction of sp³-hybridized carbons (Fsp3) is 0.0400. The average molecular weight is 447 g/mol. The molecule has 30 heavy (non-hydrogen) atoms. The van der Waals surface area contributed by atoms with Crippen LogP contribution in [0.2, 0.25) is 0 Å². The molecule has 0 atom stereocenters. The number of esters is 1. The van der Waals surface area contributed by atoms with Crippen LogP contribution in [0.15, 0.2) is 95.0 Å². The molecule has 0 aliphatic carbocycles. The highest BCUT2D eigenvalue weighted by atomic mass is 32.1. The number of methoxy groups -OCH3 is 1. The topological polar surface area (TPSA) is 26.3 Å². The van der Waals surface area contributed by atoms with Gasteiger partial charge in [0.25, 0.3) is 0 Å². The minimum Gasteiger partial charge on any atom is -0.465 e. The summed E-state index contributed by atoms with van der Waals surface area (Å²) in [6.07, 6.45) is 2.08. The first-order valence-electron chi connectivity index (χ1n) is 9.55. The highest BCUT2D eigenvalue weighted by Gasteiger charge is 2.39. The van der Waals surface area contributed by atoms with Crippen molar-refractivity contribution in [1.29, 1.82) is 0 Å². The van der Waals surface area contributed by atoms with Crippen molar-refractivity contribution in [3.05, 3.63) is 106 Å². The third-order valence-corrected chi connectivity index (χ3v) is 12.0. The van der Waals surface area contributed by atoms with Gasteiger partial charge in [-0.25, -0.2) is 4.79 Å². The van der Waals surface area contributed by atoms with E-state index in [1.54, 1.807) is 22.7 Å². The fourth-order valence-electron chi connectivity index (χ4n) is 4.11. The normalized spacial score (nSPS) is 14.7. The molecule has 148 valence electrons. The minimum atomic E-state index is -2.37. The lowest BCUT2D eigenvalue weighted by Crippen LogP contribution is -2.35. The fourth-order valence-corrected chi connectivity index (χ4v) is 11.2. The number of rotatable bonds is 4. The molecular weight excluding hydrogens is 427 g/mol. The van der Waals surface area contributed by atoms with E-state index in [1.165, 1.54) is 27.9 Å². The van der Waals surface area contributed by atoms with Crippen molar-refractivity contribution < 1.29 is 9.53 Å². The van der Waals surface area contributed by atoms with Crippen LogP contribution in [-0.2, 0) is 9.53 Å². The van der Waals surface area contributed by atoms with Gasteiger partial charge < -0.3 is 4.74 Å². The molecule has 1 aliphatic heterocycles. The van der Waals surface area contributed by atoms with Gasteiger partial charge >= 0.3 is 5.97 Å². The van der Waals surface area contributed by atoms with Crippen molar-refractivity contribution in [1.82, 2.24) is 0 Å². The van der Waals surface area contributed by atoms with Crippen molar-refractivity contribution in [2.24, 2.45) is 0 Å². The maximum atomic E-state index is 13.3. The molecule has 0 N–H and O–H groups in total. The summed E-state index contributed by atoms with van der Waals surface area (Å²) in [6.45, 7) is -2.37. The Morgan fingerprint density at radius 1 is 0.867 bits per heavy atom. The van der Waals surface area contributed by atoms with E-state index in [-0.39, 0.29) is 5.97 Å². The summed E-state index contributed by atoms with van der Waals surface area (Å²) in [5, 5.41) is 9.44. The maximum Gasteiger partial charge on any atom is 0.338 e. The van der Waals surface area contributed by atoms with Gasteiger partial charge in [0, 0.05) is 17.1 Å². The highest BCUT2D eigenvalue weighted by molar-refractivity contribution is 7.99. The number of benzene rings is 2. The SMILES string of the molecule is COC(=O)C1=P(c2ccccc2)(c2ccccc2)c2sccc2C(c2ccsc2)=C1. The summed E-state index contributed by atoms with van der Waals surface area (Å²) >= 11 is 3.40. The number of hydrogen-bond acceptors (Lipinski definition) is 4. The zero-order valence-corrected chi connectivity index (χ0v) is 18.8. The molecule has 0 unspecified atom stereocenters. The Kier molecular flexibility index (Phi) is 5.08. The Morgan fingerprint density at radius 2 is 1.53 bits per heavy atom. The molecular formula is C25H19O2PS2. The van der Waals surface area contributed by atoms with Gasteiger partial charge in [-0.3, -0.25) is 0 Å². The Balaban J connectivity index is 2.01. The lowest BCUT2D eigenvalue weighted by atomic mass is 10.0. The summed E-state index contributed by atoms with van der Waals surface area (Å²) in [6, 6.07) is 25.2. The molecule has 0 fully saturated rings. The summed E-state index contributed by atoms with van der Waals surface area (Å²) in [7, 11) is 1.47. The van der Waals surface area contributed by atoms with Gasteiger partial charge in [-0.15, -0.1) is 11.3 Å². The first kappa shape index (κ1) is 19.3. The van der Waals surface area contributed by atoms with Crippen molar-refractivity contribution in [3.8, 4) is 0 Å². The maximum absolute atomic E-state index is 13.3. The van der Waals surface area contributed by atoms with Crippen LogP contribution in [0.4, 0.5) is 0 Å². The van der Waals surface area contributed by atoms with Gasteiger partial charge in [-0.1, -0.05) is 60.7 Å². The van der Waals surface area contributed by atoms with Crippen LogP contribution in [0.1, 0.15) is 11.1 Å². The summed E-state index contributed by atoms with van der Waals surface area (Å²) in [4.78, 5) is 13.3. The molecule has 2 aromatic carbocycles. The summed E-state index contributed by atoms with van der Waals surface area (Å²) < 4.78 is 6.61. The lowest BCUT2D eigenvalue weighted by Gasteiger charge is -2.33. The van der Waals surface area contributed by atoms with E-state index in [0.29, 0.717) is 0 Å². The molecule has 5 rings (SSSR count). The predicted molar refractivity (Wildman–Crippen MR) is 131 cm³/mol. The molecule has 0 amide bonds. The Hall–Kier alpha value is -2.65. The van der Waals surface area contributed by atoms with Gasteiger partial charge in [-0.2, -0.15) is 11.3 Å². The van der Waals surface area contributed by atoms with Gasteiger partial charge in [0.1, 0.15) is 0 Å². The van der Waals surface area contributed by atoms with E-state index in [4.69, 9.17) is 4.74 Å². The molecule has 0 radical (unpaired) electrons. The highest BCUT2D eigenvalue weighted by Crippen LogP contribution is 2.53. The van der Waals surface area contributed by atoms with Crippen molar-refractivity contribution in [3.63, 3.8) is 0 Å². The molecule has 2 aromatic heterocycles. The van der Waals surface area contributed by atoms with E-state index in [1.807, 2.05) is 12.1 Å². The monoisotopic (exact) mass is 446 g/mol. The number of carbonyl (C=O) groups is 1. The average Bonchev–Trinajstić information content (AvgIpc) is 3.51. The standard InChI is InChI=1S/C25H19O2PS2/c1-27-24(26)23-16-22(18-12-14-29-17-18)21-13-15-30-25(21)28(23,19-8-4-2-5-9-19)20-10-6-3-7-11-20/h2-17H,1H3. The third kappa shape index (κ3) is 2.87. The van der Waals surface area contributed by atoms with E-state index in [0.717, 1.165) is 16.4 Å². The number of thiophene rings is 2. The van der Waals surface area contributed by atoms with E-state index >= 15 is 0 Å². The smallest absolute Gasteiger partial charge is 0.338 e. The molecule has 2 nitrogen and oxygen atoms in total. The van der Waals surface area contributed by atoms with Gasteiger partial charge in [0.05, 0.1) is 12.4 Å². The van der Waals surface area contributed by atoms with Crippen LogP contribution in [0.25, 0.3) is 5.57 Å². The zero-order chi connectivity index (χ0) is 20.6. The zero-order valence-electron chi connectivity index (χ0n) is 16.3. The van der Waals surface area contributed by atoms with Crippen LogP contribution >= 0.6 is 29.6 Å². The lowest BCUT2D eigenvalue weighted by molar-refractivity contribution is -0.132. The van der Waals surface area contributed by atoms with Crippen molar-refractivity contribution in [2.45, 2.75) is 0 Å². The second kappa shape index (κ2) is 7.88. The number of fused-ring (bicyclic) bond motifs is 1. The molecule has 5 heteroatoms. The second-order valence-corrected chi connectivity index (χ2v) is 12.2. The van der Waals surface area contributed by atoms with E-state index in [2.05, 4.69) is 82.9 Å². The van der Waals surface area contributed by atoms with Gasteiger partial charge in [-0.05, 0) is 56.1 Å². The van der Waals surface area contributed by atoms with Gasteiger partial charge in [0.15, 0.2) is 0 Å². The van der Waals surface area contributed by atoms with Crippen LogP contribution < -0.4 is 15.2 Å². The first-order valence-corrected chi connectivity index (χ1v) is 13.2. The van der Waals surface area contributed by atoms with E-state index < -0.39 is 6.89 Å². The molecule has 1 aliphatic rings. The molecule has 0 saturated carbocycles. The van der Waals surface area contributed by atoms with Crippen molar-refractivity contribution >= 4 is 61.6 Å². The number of ether oxygens (including phenoxy) is 1. The van der Waals surface area contributed by atoms with Crippen LogP contribution in [0, 0.1) is 0 Å². The predicted octanol–water partition coefficient (Wildman–Crippen LogP) is 4.89. The Morgan fingerprint density at radius 3 is 2.10 bits per heavy atom. The second-order valence-electron chi connectivity index (χ2n) is 6.93. The molecule has 0 saturated heterocycles. The molecule has 3 heterocycles. The van der Waals surface area contributed by atoms with Crippen LogP contribution in [0.3, 0.4) is 0 Å². The minimum absolute atomic E-state index is 0.261. The van der Waals surface area contributed by atoms with Crippen LogP contribution in [0.5, 0.6) is 0 Å². The van der Waals surface area contributed by atoms with E-state index in [9.17, 15) is 4.79 Å². The largest absolute Gasteiger partial charge is 0.465 e. The van der Waals surface area contributed by atoms with Gasteiger partial charge in [0.2, 0.25) is 0 Å². The third-order valence-electron chi connectivity index (χ3n) is 5.40. The molecule has 0 bridgehead atoms. The Bertz CT molecular complexity index is 1240. The first-order chi connectivity index (χ1) is 14.8. The quantitative estimate of drug-likeness (QED) is 0.329. The molecule has 4 aromatic rings.